The third kappa shape index (κ3) is 3.15. The van der Waals surface area contributed by atoms with Gasteiger partial charge in [-0.3, -0.25) is 14.8 Å². The van der Waals surface area contributed by atoms with Gasteiger partial charge in [-0.25, -0.2) is 0 Å². The van der Waals surface area contributed by atoms with Gasteiger partial charge in [0.25, 0.3) is 0 Å². The van der Waals surface area contributed by atoms with E-state index >= 15 is 0 Å². The maximum Gasteiger partial charge on any atom is 0.433 e. The van der Waals surface area contributed by atoms with Crippen molar-refractivity contribution in [3.63, 3.8) is 0 Å². The van der Waals surface area contributed by atoms with Gasteiger partial charge in [-0.05, 0) is 43.3 Å². The lowest BCUT2D eigenvalue weighted by molar-refractivity contribution is -0.141. The number of aromatic amines is 1. The molecule has 0 fully saturated rings. The Balaban J connectivity index is 1.72. The molecule has 0 unspecified atom stereocenters. The normalized spacial score (nSPS) is 11.7. The van der Waals surface area contributed by atoms with Crippen LogP contribution in [0.2, 0.25) is 0 Å². The van der Waals surface area contributed by atoms with Crippen molar-refractivity contribution in [2.75, 3.05) is 0 Å². The van der Waals surface area contributed by atoms with Crippen molar-refractivity contribution in [2.24, 2.45) is 0 Å². The van der Waals surface area contributed by atoms with E-state index in [1.165, 1.54) is 6.07 Å². The summed E-state index contributed by atoms with van der Waals surface area (Å²) in [6.07, 6.45) is -1.75. The van der Waals surface area contributed by atoms with Gasteiger partial charge in [-0.1, -0.05) is 12.1 Å². The zero-order valence-corrected chi connectivity index (χ0v) is 14.7. The molecule has 0 aliphatic rings. The Morgan fingerprint density at radius 2 is 1.61 bits per heavy atom. The lowest BCUT2D eigenvalue weighted by Crippen LogP contribution is -2.09. The largest absolute Gasteiger partial charge is 0.433 e. The lowest BCUT2D eigenvalue weighted by atomic mass is 10.0. The number of nitrogens with zero attached hydrogens (tertiary/aromatic N) is 2. The summed E-state index contributed by atoms with van der Waals surface area (Å²) < 4.78 is 37.9. The average Bonchev–Trinajstić information content (AvgIpc) is 2.70. The van der Waals surface area contributed by atoms with Gasteiger partial charge in [0, 0.05) is 40.0 Å². The minimum Gasteiger partial charge on any atom is -0.354 e. The second-order valence-electron chi connectivity index (χ2n) is 6.36. The minimum absolute atomic E-state index is 0.0552. The zero-order valence-electron chi connectivity index (χ0n) is 14.7. The molecule has 4 rings (SSSR count). The lowest BCUT2D eigenvalue weighted by Gasteiger charge is -2.10. The molecule has 3 heterocycles. The van der Waals surface area contributed by atoms with Crippen LogP contribution in [0.25, 0.3) is 33.4 Å². The highest BCUT2D eigenvalue weighted by Gasteiger charge is 2.32. The van der Waals surface area contributed by atoms with Crippen LogP contribution in [0.1, 0.15) is 11.3 Å². The molecule has 1 N–H and O–H groups in total. The number of aromatic nitrogens is 3. The molecular formula is C21H14F3N3O. The van der Waals surface area contributed by atoms with Crippen molar-refractivity contribution in [3.8, 4) is 22.5 Å². The van der Waals surface area contributed by atoms with E-state index in [0.29, 0.717) is 33.5 Å². The van der Waals surface area contributed by atoms with Gasteiger partial charge < -0.3 is 4.98 Å². The summed E-state index contributed by atoms with van der Waals surface area (Å²) in [5, 5.41) is 0.615. The molecule has 1 aromatic carbocycles. The highest BCUT2D eigenvalue weighted by molar-refractivity contribution is 5.83. The van der Waals surface area contributed by atoms with Crippen LogP contribution in [0.3, 0.4) is 0 Å². The van der Waals surface area contributed by atoms with Crippen LogP contribution in [0, 0.1) is 6.92 Å². The fourth-order valence-electron chi connectivity index (χ4n) is 3.05. The third-order valence-corrected chi connectivity index (χ3v) is 4.55. The van der Waals surface area contributed by atoms with Crippen molar-refractivity contribution < 1.29 is 13.2 Å². The van der Waals surface area contributed by atoms with Crippen LogP contribution in [-0.4, -0.2) is 15.0 Å². The zero-order chi connectivity index (χ0) is 19.9. The average molecular weight is 381 g/mol. The number of hydrogen-bond donors (Lipinski definition) is 1. The SMILES string of the molecule is Cc1c(-c2ccc(-c3ccc(C(F)(F)F)nc3)nc2)[nH]c2ccccc2c1=O. The molecule has 28 heavy (non-hydrogen) atoms. The van der Waals surface area contributed by atoms with E-state index in [1.54, 1.807) is 31.3 Å². The highest BCUT2D eigenvalue weighted by atomic mass is 19.4. The smallest absolute Gasteiger partial charge is 0.354 e. The number of alkyl halides is 3. The van der Waals surface area contributed by atoms with Gasteiger partial charge in [-0.2, -0.15) is 13.2 Å². The molecule has 7 heteroatoms. The molecule has 0 bridgehead atoms. The van der Waals surface area contributed by atoms with Crippen LogP contribution < -0.4 is 5.43 Å². The summed E-state index contributed by atoms with van der Waals surface area (Å²) in [6, 6.07) is 13.0. The molecular weight excluding hydrogens is 367 g/mol. The first-order valence-corrected chi connectivity index (χ1v) is 8.46. The Kier molecular flexibility index (Phi) is 4.22. The number of hydrogen-bond acceptors (Lipinski definition) is 3. The summed E-state index contributed by atoms with van der Waals surface area (Å²) in [6.45, 7) is 1.74. The summed E-state index contributed by atoms with van der Waals surface area (Å²) in [4.78, 5) is 23.6. The van der Waals surface area contributed by atoms with Crippen LogP contribution in [0.15, 0.2) is 65.7 Å². The van der Waals surface area contributed by atoms with E-state index in [0.717, 1.165) is 17.8 Å². The number of benzene rings is 1. The number of halogens is 3. The van der Waals surface area contributed by atoms with Crippen molar-refractivity contribution in [3.05, 3.63) is 82.4 Å². The third-order valence-electron chi connectivity index (χ3n) is 4.55. The molecule has 4 aromatic rings. The van der Waals surface area contributed by atoms with Crippen LogP contribution in [0.5, 0.6) is 0 Å². The number of H-pyrrole nitrogens is 1. The molecule has 3 aromatic heterocycles. The summed E-state index contributed by atoms with van der Waals surface area (Å²) in [5.41, 5.74) is 2.64. The first kappa shape index (κ1) is 17.9. The number of pyridine rings is 3. The maximum absolute atomic E-state index is 12.6. The Morgan fingerprint density at radius 1 is 0.893 bits per heavy atom. The Hall–Kier alpha value is -3.48. The van der Waals surface area contributed by atoms with E-state index in [2.05, 4.69) is 15.0 Å². The summed E-state index contributed by atoms with van der Waals surface area (Å²) in [7, 11) is 0. The van der Waals surface area contributed by atoms with Gasteiger partial charge >= 0.3 is 6.18 Å². The fraction of sp³-hybridized carbons (Fsp3) is 0.0952. The second-order valence-corrected chi connectivity index (χ2v) is 6.36. The van der Waals surface area contributed by atoms with Crippen molar-refractivity contribution in [2.45, 2.75) is 13.1 Å². The quantitative estimate of drug-likeness (QED) is 0.533. The van der Waals surface area contributed by atoms with E-state index in [9.17, 15) is 18.0 Å². The summed E-state index contributed by atoms with van der Waals surface area (Å²) in [5.74, 6) is 0. The molecule has 140 valence electrons. The van der Waals surface area contributed by atoms with E-state index in [-0.39, 0.29) is 5.43 Å². The van der Waals surface area contributed by atoms with Crippen LogP contribution >= 0.6 is 0 Å². The van der Waals surface area contributed by atoms with Crippen molar-refractivity contribution in [1.82, 2.24) is 15.0 Å². The number of rotatable bonds is 2. The fourth-order valence-corrected chi connectivity index (χ4v) is 3.05. The van der Waals surface area contributed by atoms with Crippen LogP contribution in [0.4, 0.5) is 13.2 Å². The number of fused-ring (bicyclic) bond motifs is 1. The molecule has 0 amide bonds. The monoisotopic (exact) mass is 381 g/mol. The van der Waals surface area contributed by atoms with Crippen molar-refractivity contribution >= 4 is 10.9 Å². The van der Waals surface area contributed by atoms with Gasteiger partial charge in [0.05, 0.1) is 11.4 Å². The van der Waals surface area contributed by atoms with E-state index < -0.39 is 11.9 Å². The Labute approximate surface area is 157 Å². The Morgan fingerprint density at radius 3 is 2.25 bits per heavy atom. The second kappa shape index (κ2) is 6.60. The standard InChI is InChI=1S/C21H14F3N3O/c1-12-19(27-17-5-3-2-4-15(17)20(12)28)14-6-8-16(25-11-14)13-7-9-18(26-10-13)21(22,23)24/h2-11H,1H3,(H,27,28). The molecule has 0 aliphatic carbocycles. The highest BCUT2D eigenvalue weighted by Crippen LogP contribution is 2.29. The van der Waals surface area contributed by atoms with Gasteiger partial charge in [-0.15, -0.1) is 0 Å². The maximum atomic E-state index is 12.6. The van der Waals surface area contributed by atoms with E-state index in [1.807, 2.05) is 18.2 Å². The first-order valence-electron chi connectivity index (χ1n) is 8.46. The molecule has 0 spiro atoms. The first-order chi connectivity index (χ1) is 13.3. The van der Waals surface area contributed by atoms with Crippen molar-refractivity contribution in [1.29, 1.82) is 0 Å². The van der Waals surface area contributed by atoms with Gasteiger partial charge in [0.15, 0.2) is 5.43 Å². The van der Waals surface area contributed by atoms with Gasteiger partial charge in [0.1, 0.15) is 5.69 Å². The predicted octanol–water partition coefficient (Wildman–Crippen LogP) is 4.98. The molecule has 0 aliphatic heterocycles. The molecule has 0 atom stereocenters. The summed E-state index contributed by atoms with van der Waals surface area (Å²) >= 11 is 0. The Bertz CT molecular complexity index is 1210. The number of para-hydroxylation sites is 1. The molecule has 4 nitrogen and oxygen atoms in total. The van der Waals surface area contributed by atoms with E-state index in [4.69, 9.17) is 0 Å². The molecule has 0 saturated carbocycles. The molecule has 0 saturated heterocycles. The number of nitrogens with one attached hydrogen (secondary N) is 1. The predicted molar refractivity (Wildman–Crippen MR) is 101 cm³/mol. The van der Waals surface area contributed by atoms with Gasteiger partial charge in [0.2, 0.25) is 0 Å². The molecule has 0 radical (unpaired) electrons. The van der Waals surface area contributed by atoms with Crippen LogP contribution in [-0.2, 0) is 6.18 Å². The minimum atomic E-state index is -4.48. The topological polar surface area (TPSA) is 58.6 Å².